The van der Waals surface area contributed by atoms with Crippen LogP contribution in [0.3, 0.4) is 0 Å². The van der Waals surface area contributed by atoms with Gasteiger partial charge in [0.05, 0.1) is 18.3 Å². The fourth-order valence-electron chi connectivity index (χ4n) is 4.60. The fourth-order valence-corrected chi connectivity index (χ4v) is 7.97. The molecule has 7 nitrogen and oxygen atoms in total. The van der Waals surface area contributed by atoms with E-state index in [4.69, 9.17) is 9.47 Å². The van der Waals surface area contributed by atoms with E-state index in [1.807, 2.05) is 81.4 Å². The minimum absolute atomic E-state index is 0.252. The second-order valence-corrected chi connectivity index (χ2v) is 12.3. The predicted octanol–water partition coefficient (Wildman–Crippen LogP) is 1.31. The maximum Gasteiger partial charge on any atom is 0.330 e. The van der Waals surface area contributed by atoms with E-state index in [1.54, 1.807) is 13.1 Å². The Balaban J connectivity index is 2.00. The predicted molar refractivity (Wildman–Crippen MR) is 133 cm³/mol. The Kier molecular flexibility index (Phi) is 6.77. The van der Waals surface area contributed by atoms with Crippen molar-refractivity contribution in [3.05, 3.63) is 93.3 Å². The number of aryl methyl sites for hydroxylation is 1. The van der Waals surface area contributed by atoms with E-state index in [0.29, 0.717) is 12.0 Å². The molecule has 34 heavy (non-hydrogen) atoms. The first kappa shape index (κ1) is 24.3. The summed E-state index contributed by atoms with van der Waals surface area (Å²) in [6.45, 7) is 7.29. The number of hydrogen-bond acceptors (Lipinski definition) is 5. The molecule has 0 unspecified atom stereocenters. The van der Waals surface area contributed by atoms with Crippen LogP contribution < -0.4 is 21.6 Å². The van der Waals surface area contributed by atoms with Gasteiger partial charge in [0, 0.05) is 18.2 Å². The third-order valence-corrected chi connectivity index (χ3v) is 9.11. The van der Waals surface area contributed by atoms with Crippen molar-refractivity contribution in [2.75, 3.05) is 6.61 Å². The summed E-state index contributed by atoms with van der Waals surface area (Å²) in [5.74, 6) is 0. The first-order valence-electron chi connectivity index (χ1n) is 11.4. The molecule has 0 aliphatic carbocycles. The highest BCUT2D eigenvalue weighted by molar-refractivity contribution is 6.86. The molecule has 1 fully saturated rings. The third-order valence-electron chi connectivity index (χ3n) is 5.95. The Morgan fingerprint density at radius 3 is 2.15 bits per heavy atom. The lowest BCUT2D eigenvalue weighted by molar-refractivity contribution is -0.113. The van der Waals surface area contributed by atoms with Gasteiger partial charge in [0.2, 0.25) is 0 Å². The average Bonchev–Trinajstić information content (AvgIpc) is 3.15. The molecule has 0 amide bonds. The number of ether oxygens (including phenoxy) is 2. The minimum Gasteiger partial charge on any atom is -0.394 e. The smallest absolute Gasteiger partial charge is 0.330 e. The van der Waals surface area contributed by atoms with E-state index in [2.05, 4.69) is 4.98 Å². The zero-order valence-electron chi connectivity index (χ0n) is 19.9. The summed E-state index contributed by atoms with van der Waals surface area (Å²) in [7, 11) is -1.84. The van der Waals surface area contributed by atoms with Crippen LogP contribution in [0.15, 0.2) is 76.4 Å². The topological polar surface area (TPSA) is 93.6 Å². The Bertz CT molecular complexity index is 1200. The molecular weight excluding hydrogens is 448 g/mol. The first-order chi connectivity index (χ1) is 16.1. The monoisotopic (exact) mass is 479 g/mol. The van der Waals surface area contributed by atoms with Crippen LogP contribution >= 0.6 is 0 Å². The molecule has 4 rings (SSSR count). The van der Waals surface area contributed by atoms with Gasteiger partial charge in [0.15, 0.2) is 8.80 Å². The molecule has 3 atom stereocenters. The molecule has 3 aromatic rings. The molecule has 0 spiro atoms. The molecule has 1 radical (unpaired) electrons. The molecule has 1 saturated heterocycles. The maximum absolute atomic E-state index is 13.3. The van der Waals surface area contributed by atoms with Crippen molar-refractivity contribution in [1.29, 1.82) is 0 Å². The first-order valence-corrected chi connectivity index (χ1v) is 12.9. The molecule has 179 valence electrons. The van der Waals surface area contributed by atoms with E-state index in [0.717, 1.165) is 10.4 Å². The molecule has 8 heteroatoms. The van der Waals surface area contributed by atoms with Gasteiger partial charge in [-0.15, -0.1) is 0 Å². The number of H-pyrrole nitrogens is 1. The van der Waals surface area contributed by atoms with Gasteiger partial charge >= 0.3 is 5.69 Å². The van der Waals surface area contributed by atoms with Crippen molar-refractivity contribution in [2.45, 2.75) is 57.3 Å². The van der Waals surface area contributed by atoms with Gasteiger partial charge in [0.1, 0.15) is 11.5 Å². The summed E-state index contributed by atoms with van der Waals surface area (Å²) in [6.07, 6.45) is 0.840. The molecule has 2 heterocycles. The van der Waals surface area contributed by atoms with Crippen molar-refractivity contribution in [3.8, 4) is 0 Å². The Labute approximate surface area is 200 Å². The second-order valence-electron chi connectivity index (χ2n) is 9.64. The fraction of sp³-hybridized carbons (Fsp3) is 0.385. The molecule has 1 aliphatic rings. The number of aromatic amines is 1. The molecule has 1 aromatic heterocycles. The van der Waals surface area contributed by atoms with E-state index in [1.165, 1.54) is 4.57 Å². The van der Waals surface area contributed by atoms with Crippen LogP contribution in [0, 0.1) is 6.92 Å². The Morgan fingerprint density at radius 2 is 1.65 bits per heavy atom. The second kappa shape index (κ2) is 9.46. The van der Waals surface area contributed by atoms with Gasteiger partial charge in [-0.05, 0) is 27.7 Å². The summed E-state index contributed by atoms with van der Waals surface area (Å²) in [4.78, 5) is 28.0. The third kappa shape index (κ3) is 4.72. The SMILES string of the molecule is Cc1cn([C@@]2([Si](c3ccccc3)c3ccccc3)C[C@H](OC(C)(C)C)[C@@H](CO)O2)c(=O)[nH]c1=O. The molecule has 0 bridgehead atoms. The number of benzene rings is 2. The van der Waals surface area contributed by atoms with Crippen molar-refractivity contribution >= 4 is 19.2 Å². The zero-order chi connectivity index (χ0) is 24.5. The number of aliphatic hydroxyl groups excluding tert-OH is 1. The van der Waals surface area contributed by atoms with Gasteiger partial charge < -0.3 is 14.6 Å². The average molecular weight is 480 g/mol. The summed E-state index contributed by atoms with van der Waals surface area (Å²) in [5, 5.41) is 11.2. The standard InChI is InChI=1S/C26H31N2O5Si/c1-18-16-28(24(31)27-23(18)30)26(15-21(22(17-29)33-26)32-25(2,3)4)34(19-11-7-5-8-12-19)20-13-9-6-10-14-20/h5-14,16,21-22,29H,15,17H2,1-4H3,(H,27,30,31)/t21-,22+,26-/m0/s1. The summed E-state index contributed by atoms with van der Waals surface area (Å²) < 4.78 is 14.6. The van der Waals surface area contributed by atoms with Gasteiger partial charge in [-0.1, -0.05) is 71.0 Å². The van der Waals surface area contributed by atoms with E-state index in [-0.39, 0.29) is 6.61 Å². The quantitative estimate of drug-likeness (QED) is 0.520. The van der Waals surface area contributed by atoms with Gasteiger partial charge in [-0.3, -0.25) is 14.3 Å². The lowest BCUT2D eigenvalue weighted by atomic mass is 10.1. The molecular formula is C26H31N2O5Si. The summed E-state index contributed by atoms with van der Waals surface area (Å²) >= 11 is 0. The Morgan fingerprint density at radius 1 is 1.09 bits per heavy atom. The van der Waals surface area contributed by atoms with Gasteiger partial charge in [0.25, 0.3) is 5.56 Å². The summed E-state index contributed by atoms with van der Waals surface area (Å²) in [5.41, 5.74) is -1.04. The zero-order valence-corrected chi connectivity index (χ0v) is 20.9. The number of rotatable bonds is 6. The van der Waals surface area contributed by atoms with Crippen LogP contribution in [-0.2, 0) is 14.8 Å². The highest BCUT2D eigenvalue weighted by Crippen LogP contribution is 2.39. The molecule has 0 saturated carbocycles. The highest BCUT2D eigenvalue weighted by atomic mass is 28.3. The van der Waals surface area contributed by atoms with Crippen LogP contribution in [0.1, 0.15) is 32.8 Å². The van der Waals surface area contributed by atoms with Crippen LogP contribution in [0.4, 0.5) is 0 Å². The van der Waals surface area contributed by atoms with Crippen LogP contribution in [0.5, 0.6) is 0 Å². The van der Waals surface area contributed by atoms with Crippen LogP contribution in [-0.4, -0.2) is 47.9 Å². The maximum atomic E-state index is 13.3. The number of aliphatic hydroxyl groups is 1. The number of nitrogens with one attached hydrogen (secondary N) is 1. The van der Waals surface area contributed by atoms with Crippen LogP contribution in [0.2, 0.25) is 0 Å². The minimum atomic E-state index is -1.84. The van der Waals surface area contributed by atoms with Gasteiger partial charge in [-0.2, -0.15) is 0 Å². The van der Waals surface area contributed by atoms with E-state index in [9.17, 15) is 14.7 Å². The lowest BCUT2D eigenvalue weighted by Crippen LogP contribution is -2.64. The molecule has 2 N–H and O–H groups in total. The van der Waals surface area contributed by atoms with Crippen LogP contribution in [0.25, 0.3) is 0 Å². The Hall–Kier alpha value is -2.78. The van der Waals surface area contributed by atoms with Crippen molar-refractivity contribution in [1.82, 2.24) is 9.55 Å². The normalized spacial score (nSPS) is 22.9. The van der Waals surface area contributed by atoms with Crippen molar-refractivity contribution in [2.24, 2.45) is 0 Å². The van der Waals surface area contributed by atoms with Crippen molar-refractivity contribution < 1.29 is 14.6 Å². The molecule has 1 aliphatic heterocycles. The summed E-state index contributed by atoms with van der Waals surface area (Å²) in [6, 6.07) is 20.0. The molecule has 2 aromatic carbocycles. The van der Waals surface area contributed by atoms with E-state index >= 15 is 0 Å². The lowest BCUT2D eigenvalue weighted by Gasteiger charge is -2.38. The van der Waals surface area contributed by atoms with E-state index < -0.39 is 43.2 Å². The highest BCUT2D eigenvalue weighted by Gasteiger charge is 2.56. The van der Waals surface area contributed by atoms with Gasteiger partial charge in [-0.25, -0.2) is 4.79 Å². The number of aromatic nitrogens is 2. The largest absolute Gasteiger partial charge is 0.394 e. The van der Waals surface area contributed by atoms with Crippen molar-refractivity contribution in [3.63, 3.8) is 0 Å². The number of hydrogen-bond donors (Lipinski definition) is 2. The number of nitrogens with zero attached hydrogens (tertiary/aromatic N) is 1.